The Morgan fingerprint density at radius 3 is 3.00 bits per heavy atom. The molecule has 1 aliphatic heterocycles. The lowest BCUT2D eigenvalue weighted by atomic mass is 9.93. The number of halogens is 1. The van der Waals surface area contributed by atoms with Crippen LogP contribution in [0.15, 0.2) is 47.0 Å². The Morgan fingerprint density at radius 2 is 2.15 bits per heavy atom. The topological polar surface area (TPSA) is 51.4 Å². The van der Waals surface area contributed by atoms with Crippen LogP contribution in [0.3, 0.4) is 0 Å². The number of methoxy groups -OCH3 is 1. The van der Waals surface area contributed by atoms with Gasteiger partial charge in [0.05, 0.1) is 13.7 Å². The molecule has 0 bridgehead atoms. The minimum atomic E-state index is -0.199. The highest BCUT2D eigenvalue weighted by atomic mass is 19.1. The van der Waals surface area contributed by atoms with Gasteiger partial charge in [-0.3, -0.25) is 4.90 Å². The number of nitrogens with zero attached hydrogens (tertiary/aromatic N) is 3. The molecule has 1 aromatic heterocycles. The molecule has 6 heteroatoms. The predicted molar refractivity (Wildman–Crippen MR) is 95.2 cm³/mol. The van der Waals surface area contributed by atoms with E-state index in [-0.39, 0.29) is 11.9 Å². The highest BCUT2D eigenvalue weighted by Crippen LogP contribution is 2.31. The van der Waals surface area contributed by atoms with E-state index in [1.165, 1.54) is 11.6 Å². The summed E-state index contributed by atoms with van der Waals surface area (Å²) < 4.78 is 24.3. The van der Waals surface area contributed by atoms with Gasteiger partial charge in [-0.2, -0.15) is 4.98 Å². The molecule has 4 rings (SSSR count). The second-order valence-corrected chi connectivity index (χ2v) is 6.48. The maximum Gasteiger partial charge on any atom is 0.241 e. The first kappa shape index (κ1) is 16.7. The van der Waals surface area contributed by atoms with Gasteiger partial charge in [0.2, 0.25) is 11.7 Å². The Bertz CT molecular complexity index is 925. The summed E-state index contributed by atoms with van der Waals surface area (Å²) >= 11 is 0. The van der Waals surface area contributed by atoms with Crippen LogP contribution >= 0.6 is 0 Å². The van der Waals surface area contributed by atoms with Crippen LogP contribution in [-0.4, -0.2) is 28.7 Å². The third kappa shape index (κ3) is 3.20. The molecule has 1 unspecified atom stereocenters. The average molecular weight is 353 g/mol. The lowest BCUT2D eigenvalue weighted by molar-refractivity contribution is 0.165. The van der Waals surface area contributed by atoms with E-state index in [9.17, 15) is 4.39 Å². The van der Waals surface area contributed by atoms with Crippen LogP contribution in [0.25, 0.3) is 11.4 Å². The van der Waals surface area contributed by atoms with Crippen molar-refractivity contribution in [2.45, 2.75) is 25.9 Å². The fraction of sp³-hybridized carbons (Fsp3) is 0.300. The second-order valence-electron chi connectivity index (χ2n) is 6.48. The number of ether oxygens (including phenoxy) is 1. The Kier molecular flexibility index (Phi) is 4.42. The number of rotatable bonds is 4. The minimum absolute atomic E-state index is 0.0987. The molecule has 2 aromatic carbocycles. The molecule has 5 nitrogen and oxygen atoms in total. The van der Waals surface area contributed by atoms with Crippen molar-refractivity contribution in [3.8, 4) is 17.1 Å². The summed E-state index contributed by atoms with van der Waals surface area (Å²) in [6.45, 7) is 3.49. The maximum atomic E-state index is 13.6. The number of aromatic nitrogens is 2. The van der Waals surface area contributed by atoms with Gasteiger partial charge < -0.3 is 9.26 Å². The smallest absolute Gasteiger partial charge is 0.241 e. The molecule has 0 spiro atoms. The first-order valence-corrected chi connectivity index (χ1v) is 8.63. The molecule has 2 heterocycles. The lowest BCUT2D eigenvalue weighted by Gasteiger charge is -2.34. The van der Waals surface area contributed by atoms with Crippen molar-refractivity contribution in [1.82, 2.24) is 15.0 Å². The van der Waals surface area contributed by atoms with Gasteiger partial charge in [-0.15, -0.1) is 0 Å². The molecule has 0 N–H and O–H groups in total. The van der Waals surface area contributed by atoms with E-state index in [2.05, 4.69) is 22.0 Å². The molecule has 0 saturated carbocycles. The molecular formula is C20H20FN3O2. The van der Waals surface area contributed by atoms with Crippen molar-refractivity contribution >= 4 is 0 Å². The summed E-state index contributed by atoms with van der Waals surface area (Å²) in [7, 11) is 1.62. The minimum Gasteiger partial charge on any atom is -0.497 e. The largest absolute Gasteiger partial charge is 0.497 e. The zero-order chi connectivity index (χ0) is 18.1. The van der Waals surface area contributed by atoms with Gasteiger partial charge in [0.15, 0.2) is 0 Å². The summed E-state index contributed by atoms with van der Waals surface area (Å²) in [5, 5.41) is 4.08. The van der Waals surface area contributed by atoms with Crippen molar-refractivity contribution < 1.29 is 13.7 Å². The van der Waals surface area contributed by atoms with Crippen LogP contribution in [0.5, 0.6) is 5.75 Å². The highest BCUT2D eigenvalue weighted by molar-refractivity contribution is 5.56. The molecule has 1 atom stereocenters. The third-order valence-electron chi connectivity index (χ3n) is 4.91. The van der Waals surface area contributed by atoms with E-state index in [4.69, 9.17) is 9.26 Å². The van der Waals surface area contributed by atoms with Crippen LogP contribution in [-0.2, 0) is 13.0 Å². The molecule has 0 aliphatic carbocycles. The summed E-state index contributed by atoms with van der Waals surface area (Å²) in [5.41, 5.74) is 3.08. The van der Waals surface area contributed by atoms with Crippen molar-refractivity contribution in [2.75, 3.05) is 13.7 Å². The molecule has 0 fully saturated rings. The number of benzene rings is 2. The summed E-state index contributed by atoms with van der Waals surface area (Å²) in [4.78, 5) is 6.74. The van der Waals surface area contributed by atoms with Gasteiger partial charge in [0.1, 0.15) is 11.6 Å². The van der Waals surface area contributed by atoms with E-state index in [0.29, 0.717) is 18.3 Å². The van der Waals surface area contributed by atoms with E-state index in [1.54, 1.807) is 13.2 Å². The number of hydrogen-bond acceptors (Lipinski definition) is 5. The Labute approximate surface area is 151 Å². The summed E-state index contributed by atoms with van der Waals surface area (Å²) in [6, 6.07) is 12.7. The van der Waals surface area contributed by atoms with Crippen LogP contribution in [0.2, 0.25) is 0 Å². The fourth-order valence-corrected chi connectivity index (χ4v) is 3.42. The highest BCUT2D eigenvalue weighted by Gasteiger charge is 2.26. The summed E-state index contributed by atoms with van der Waals surface area (Å²) in [6.07, 6.45) is 0.886. The predicted octanol–water partition coefficient (Wildman–Crippen LogP) is 4.00. The molecular weight excluding hydrogens is 333 g/mol. The molecule has 1 aliphatic rings. The van der Waals surface area contributed by atoms with Crippen LogP contribution in [0.1, 0.15) is 30.0 Å². The summed E-state index contributed by atoms with van der Waals surface area (Å²) in [5.74, 6) is 1.64. The quantitative estimate of drug-likeness (QED) is 0.709. The van der Waals surface area contributed by atoms with Gasteiger partial charge >= 0.3 is 0 Å². The zero-order valence-electron chi connectivity index (χ0n) is 14.8. The van der Waals surface area contributed by atoms with Gasteiger partial charge in [-0.05, 0) is 48.7 Å². The molecule has 26 heavy (non-hydrogen) atoms. The molecule has 0 saturated heterocycles. The zero-order valence-corrected chi connectivity index (χ0v) is 14.8. The molecule has 134 valence electrons. The Morgan fingerprint density at radius 1 is 1.27 bits per heavy atom. The third-order valence-corrected chi connectivity index (χ3v) is 4.91. The van der Waals surface area contributed by atoms with Crippen LogP contribution in [0.4, 0.5) is 4.39 Å². The fourth-order valence-electron chi connectivity index (χ4n) is 3.42. The van der Waals surface area contributed by atoms with Gasteiger partial charge in [-0.25, -0.2) is 4.39 Å². The van der Waals surface area contributed by atoms with Crippen molar-refractivity contribution in [2.24, 2.45) is 0 Å². The molecule has 0 amide bonds. The van der Waals surface area contributed by atoms with Gasteiger partial charge in [-0.1, -0.05) is 23.4 Å². The lowest BCUT2D eigenvalue weighted by Crippen LogP contribution is -2.33. The number of fused-ring (bicyclic) bond motifs is 1. The molecule has 3 aromatic rings. The Balaban J connectivity index is 1.52. The first-order chi connectivity index (χ1) is 12.6. The SMILES string of the molecule is COc1cccc(-c2noc(CN3CCc4ccc(F)cc4C3C)n2)c1. The number of hydrogen-bond donors (Lipinski definition) is 0. The van der Waals surface area contributed by atoms with Crippen molar-refractivity contribution in [3.05, 3.63) is 65.3 Å². The second kappa shape index (κ2) is 6.88. The average Bonchev–Trinajstić information content (AvgIpc) is 3.13. The monoisotopic (exact) mass is 353 g/mol. The van der Waals surface area contributed by atoms with Gasteiger partial charge in [0.25, 0.3) is 0 Å². The van der Waals surface area contributed by atoms with Crippen molar-refractivity contribution in [1.29, 1.82) is 0 Å². The van der Waals surface area contributed by atoms with Crippen molar-refractivity contribution in [3.63, 3.8) is 0 Å². The van der Waals surface area contributed by atoms with E-state index < -0.39 is 0 Å². The van der Waals surface area contributed by atoms with E-state index in [0.717, 1.165) is 29.8 Å². The normalized spacial score (nSPS) is 17.1. The van der Waals surface area contributed by atoms with E-state index >= 15 is 0 Å². The van der Waals surface area contributed by atoms with E-state index in [1.807, 2.05) is 30.3 Å². The van der Waals surface area contributed by atoms with Crippen LogP contribution < -0.4 is 4.74 Å². The maximum absolute atomic E-state index is 13.6. The first-order valence-electron chi connectivity index (χ1n) is 8.63. The standard InChI is InChI=1S/C20H20FN3O2/c1-13-18-11-16(21)7-6-14(18)8-9-24(13)12-19-22-20(23-26-19)15-4-3-5-17(10-15)25-2/h3-7,10-11,13H,8-9,12H2,1-2H3. The molecule has 0 radical (unpaired) electrons. The van der Waals surface area contributed by atoms with Gasteiger partial charge in [0, 0.05) is 18.2 Å². The van der Waals surface area contributed by atoms with Crippen LogP contribution in [0, 0.1) is 5.82 Å². The Hall–Kier alpha value is -2.73.